The predicted octanol–water partition coefficient (Wildman–Crippen LogP) is -0.0211. The zero-order valence-corrected chi connectivity index (χ0v) is 9.54. The molecule has 0 amide bonds. The molecule has 17 heavy (non-hydrogen) atoms. The lowest BCUT2D eigenvalue weighted by atomic mass is 10.3. The van der Waals surface area contributed by atoms with E-state index in [9.17, 15) is 0 Å². The third-order valence-electron chi connectivity index (χ3n) is 2.75. The number of anilines is 2. The number of rotatable bonds is 1. The van der Waals surface area contributed by atoms with Gasteiger partial charge in [-0.15, -0.1) is 0 Å². The molecule has 0 atom stereocenters. The maximum Gasteiger partial charge on any atom is 0.227 e. The molecule has 0 radical (unpaired) electrons. The van der Waals surface area contributed by atoms with Gasteiger partial charge in [0.15, 0.2) is 0 Å². The number of hydrogen-bond acceptors (Lipinski definition) is 6. The van der Waals surface area contributed by atoms with E-state index < -0.39 is 0 Å². The lowest BCUT2D eigenvalue weighted by Crippen LogP contribution is -2.35. The Kier molecular flexibility index (Phi) is 2.17. The Bertz CT molecular complexity index is 527. The van der Waals surface area contributed by atoms with Crippen LogP contribution in [0.3, 0.4) is 0 Å². The van der Waals surface area contributed by atoms with Crippen molar-refractivity contribution in [1.82, 2.24) is 24.7 Å². The predicted molar refractivity (Wildman–Crippen MR) is 62.3 cm³/mol. The molecule has 88 valence electrons. The minimum atomic E-state index is 0.500. The second-order valence-corrected chi connectivity index (χ2v) is 4.06. The van der Waals surface area contributed by atoms with Crippen LogP contribution in [0.15, 0.2) is 12.4 Å². The van der Waals surface area contributed by atoms with Crippen molar-refractivity contribution < 1.29 is 0 Å². The maximum atomic E-state index is 5.73. The molecule has 2 aromatic heterocycles. The molecule has 7 nitrogen and oxygen atoms in total. The first-order valence-electron chi connectivity index (χ1n) is 5.45. The van der Waals surface area contributed by atoms with Crippen LogP contribution in [0.2, 0.25) is 0 Å². The molecule has 0 unspecified atom stereocenters. The van der Waals surface area contributed by atoms with Crippen LogP contribution < -0.4 is 10.6 Å². The van der Waals surface area contributed by atoms with Crippen LogP contribution in [-0.4, -0.2) is 31.3 Å². The zero-order valence-electron chi connectivity index (χ0n) is 9.54. The van der Waals surface area contributed by atoms with Gasteiger partial charge in [-0.2, -0.15) is 10.1 Å². The van der Waals surface area contributed by atoms with Gasteiger partial charge in [0.05, 0.1) is 13.1 Å². The summed E-state index contributed by atoms with van der Waals surface area (Å²) in [4.78, 5) is 14.9. The second kappa shape index (κ2) is 3.69. The van der Waals surface area contributed by atoms with Gasteiger partial charge in [-0.05, 0) is 6.92 Å². The summed E-state index contributed by atoms with van der Waals surface area (Å²) in [6.07, 6.45) is 1.57. The topological polar surface area (TPSA) is 85.8 Å². The standard InChI is InChI=1S/C10H13N7/c1-7-4-8(11)15-10(14-7)16-2-3-17-9(5-16)12-6-13-17/h4,6H,2-3,5H2,1H3,(H2,11,14,15). The Morgan fingerprint density at radius 3 is 3.00 bits per heavy atom. The van der Waals surface area contributed by atoms with Crippen LogP contribution in [0, 0.1) is 6.92 Å². The summed E-state index contributed by atoms with van der Waals surface area (Å²) in [5.41, 5.74) is 6.60. The van der Waals surface area contributed by atoms with E-state index in [-0.39, 0.29) is 0 Å². The van der Waals surface area contributed by atoms with Gasteiger partial charge in [-0.3, -0.25) is 0 Å². The highest BCUT2D eigenvalue weighted by molar-refractivity contribution is 5.40. The number of nitrogen functional groups attached to an aromatic ring is 1. The molecule has 3 rings (SSSR count). The van der Waals surface area contributed by atoms with Crippen LogP contribution in [-0.2, 0) is 13.1 Å². The number of aromatic nitrogens is 5. The minimum Gasteiger partial charge on any atom is -0.384 e. The number of aryl methyl sites for hydroxylation is 1. The van der Waals surface area contributed by atoms with Crippen LogP contribution in [0.1, 0.15) is 11.5 Å². The van der Waals surface area contributed by atoms with Crippen molar-refractivity contribution in [2.45, 2.75) is 20.0 Å². The highest BCUT2D eigenvalue weighted by Crippen LogP contribution is 2.16. The van der Waals surface area contributed by atoms with Gasteiger partial charge in [-0.1, -0.05) is 0 Å². The van der Waals surface area contributed by atoms with Crippen molar-refractivity contribution in [3.63, 3.8) is 0 Å². The van der Waals surface area contributed by atoms with Crippen molar-refractivity contribution in [2.24, 2.45) is 0 Å². The smallest absolute Gasteiger partial charge is 0.227 e. The summed E-state index contributed by atoms with van der Waals surface area (Å²) in [7, 11) is 0. The highest BCUT2D eigenvalue weighted by atomic mass is 15.4. The molecule has 0 aromatic carbocycles. The largest absolute Gasteiger partial charge is 0.384 e. The molecule has 0 saturated carbocycles. The molecule has 0 aliphatic carbocycles. The average Bonchev–Trinajstić information content (AvgIpc) is 2.74. The van der Waals surface area contributed by atoms with Crippen LogP contribution in [0.25, 0.3) is 0 Å². The Labute approximate surface area is 98.3 Å². The molecular weight excluding hydrogens is 218 g/mol. The summed E-state index contributed by atoms with van der Waals surface area (Å²) < 4.78 is 1.90. The van der Waals surface area contributed by atoms with Crippen LogP contribution in [0.4, 0.5) is 11.8 Å². The molecule has 0 saturated heterocycles. The molecule has 0 bridgehead atoms. The van der Waals surface area contributed by atoms with E-state index in [1.165, 1.54) is 0 Å². The molecule has 0 spiro atoms. The van der Waals surface area contributed by atoms with Crippen LogP contribution >= 0.6 is 0 Å². The maximum absolute atomic E-state index is 5.73. The summed E-state index contributed by atoms with van der Waals surface area (Å²) in [5.74, 6) is 2.09. The zero-order chi connectivity index (χ0) is 11.8. The molecule has 0 fully saturated rings. The Morgan fingerprint density at radius 2 is 2.18 bits per heavy atom. The SMILES string of the molecule is Cc1cc(N)nc(N2CCn3ncnc3C2)n1. The van der Waals surface area contributed by atoms with E-state index in [0.717, 1.165) is 24.6 Å². The highest BCUT2D eigenvalue weighted by Gasteiger charge is 2.20. The quantitative estimate of drug-likeness (QED) is 0.742. The lowest BCUT2D eigenvalue weighted by molar-refractivity contribution is 0.506. The summed E-state index contributed by atoms with van der Waals surface area (Å²) in [6, 6.07) is 1.76. The van der Waals surface area contributed by atoms with E-state index in [4.69, 9.17) is 5.73 Å². The van der Waals surface area contributed by atoms with Gasteiger partial charge in [0.25, 0.3) is 0 Å². The Morgan fingerprint density at radius 1 is 1.29 bits per heavy atom. The monoisotopic (exact) mass is 231 g/mol. The van der Waals surface area contributed by atoms with Crippen LogP contribution in [0.5, 0.6) is 0 Å². The molecule has 3 heterocycles. The molecule has 7 heteroatoms. The van der Waals surface area contributed by atoms with Crippen molar-refractivity contribution in [1.29, 1.82) is 0 Å². The van der Waals surface area contributed by atoms with Crippen molar-refractivity contribution in [3.8, 4) is 0 Å². The minimum absolute atomic E-state index is 0.500. The Hall–Kier alpha value is -2.18. The van der Waals surface area contributed by atoms with Crippen molar-refractivity contribution in [2.75, 3.05) is 17.2 Å². The number of nitrogens with two attached hydrogens (primary N) is 1. The number of fused-ring (bicyclic) bond motifs is 1. The van der Waals surface area contributed by atoms with E-state index in [2.05, 4.69) is 25.0 Å². The third kappa shape index (κ3) is 1.79. The van der Waals surface area contributed by atoms with Crippen molar-refractivity contribution in [3.05, 3.63) is 23.9 Å². The summed E-state index contributed by atoms with van der Waals surface area (Å²) in [5, 5.41) is 4.13. The van der Waals surface area contributed by atoms with Gasteiger partial charge in [-0.25, -0.2) is 14.6 Å². The molecule has 1 aliphatic rings. The van der Waals surface area contributed by atoms with Gasteiger partial charge >= 0.3 is 0 Å². The lowest BCUT2D eigenvalue weighted by Gasteiger charge is -2.26. The molecular formula is C10H13N7. The Balaban J connectivity index is 1.91. The first-order valence-corrected chi connectivity index (χ1v) is 5.45. The first kappa shape index (κ1) is 10.0. The third-order valence-corrected chi connectivity index (χ3v) is 2.75. The number of nitrogens with zero attached hydrogens (tertiary/aromatic N) is 6. The average molecular weight is 231 g/mol. The van der Waals surface area contributed by atoms with Gasteiger partial charge in [0.2, 0.25) is 5.95 Å². The summed E-state index contributed by atoms with van der Waals surface area (Å²) in [6.45, 7) is 4.20. The van der Waals surface area contributed by atoms with E-state index in [1.807, 2.05) is 11.6 Å². The fourth-order valence-corrected chi connectivity index (χ4v) is 1.95. The summed E-state index contributed by atoms with van der Waals surface area (Å²) >= 11 is 0. The number of hydrogen-bond donors (Lipinski definition) is 1. The van der Waals surface area contributed by atoms with Gasteiger partial charge < -0.3 is 10.6 Å². The van der Waals surface area contributed by atoms with E-state index in [0.29, 0.717) is 18.3 Å². The fourth-order valence-electron chi connectivity index (χ4n) is 1.95. The van der Waals surface area contributed by atoms with Crippen molar-refractivity contribution >= 4 is 11.8 Å². The normalized spacial score (nSPS) is 14.8. The van der Waals surface area contributed by atoms with E-state index >= 15 is 0 Å². The second-order valence-electron chi connectivity index (χ2n) is 4.06. The molecule has 2 aromatic rings. The fraction of sp³-hybridized carbons (Fsp3) is 0.400. The van der Waals surface area contributed by atoms with Gasteiger partial charge in [0.1, 0.15) is 18.0 Å². The first-order chi connectivity index (χ1) is 8.22. The van der Waals surface area contributed by atoms with E-state index in [1.54, 1.807) is 12.4 Å². The molecule has 2 N–H and O–H groups in total. The molecule has 1 aliphatic heterocycles. The van der Waals surface area contributed by atoms with Gasteiger partial charge in [0, 0.05) is 18.3 Å².